The highest BCUT2D eigenvalue weighted by Gasteiger charge is 2.53. The predicted octanol–water partition coefficient (Wildman–Crippen LogP) is 25.5. The molecule has 1 saturated carbocycles. The van der Waals surface area contributed by atoms with E-state index in [-0.39, 0.29) is 22.7 Å². The Bertz CT molecular complexity index is 6140. The van der Waals surface area contributed by atoms with Crippen molar-refractivity contribution in [2.24, 2.45) is 5.92 Å². The zero-order valence-electron chi connectivity index (χ0n) is 61.3. The van der Waals surface area contributed by atoms with Crippen LogP contribution in [0.2, 0.25) is 0 Å². The van der Waals surface area contributed by atoms with Crippen molar-refractivity contribution in [1.82, 2.24) is 24.9 Å². The summed E-state index contributed by atoms with van der Waals surface area (Å²) in [5.74, 6) is 4.81. The van der Waals surface area contributed by atoms with Gasteiger partial charge in [0.05, 0.1) is 16.8 Å². The molecule has 1 fully saturated rings. The normalized spacial score (nSPS) is 18.6. The van der Waals surface area contributed by atoms with Crippen molar-refractivity contribution in [3.05, 3.63) is 382 Å². The Kier molecular flexibility index (Phi) is 14.6. The lowest BCUT2D eigenvalue weighted by molar-refractivity contribution is 0.212. The summed E-state index contributed by atoms with van der Waals surface area (Å²) in [6, 6.07) is 115. The van der Waals surface area contributed by atoms with Crippen LogP contribution in [0, 0.1) is 5.92 Å². The van der Waals surface area contributed by atoms with Gasteiger partial charge in [0.2, 0.25) is 0 Å². The highest BCUT2D eigenvalue weighted by molar-refractivity contribution is 5.97. The van der Waals surface area contributed by atoms with Crippen molar-refractivity contribution in [1.29, 1.82) is 0 Å². The van der Waals surface area contributed by atoms with Gasteiger partial charge < -0.3 is 0 Å². The first kappa shape index (κ1) is 64.1. The predicted molar refractivity (Wildman–Crippen MR) is 442 cm³/mol. The summed E-state index contributed by atoms with van der Waals surface area (Å²) >= 11 is 0. The highest BCUT2D eigenvalue weighted by Crippen LogP contribution is 2.65. The molecule has 6 aliphatic carbocycles. The van der Waals surface area contributed by atoms with E-state index in [0.717, 1.165) is 50.6 Å². The summed E-state index contributed by atoms with van der Waals surface area (Å²) in [6.07, 6.45) is 8.22. The summed E-state index contributed by atoms with van der Waals surface area (Å²) < 4.78 is 0. The van der Waals surface area contributed by atoms with Gasteiger partial charge >= 0.3 is 0 Å². The van der Waals surface area contributed by atoms with Gasteiger partial charge in [-0.1, -0.05) is 326 Å². The standard InChI is InChI=1S/C103H79N5/c1-62-77-25-13-12-22-67(77)44-50-78(62)100-104-95(68-38-32-64(33-39-68)63-20-8-6-9-21-63)61-96(105-100)76-49-55-86-85-54-48-75(59-93(85)103(94(86)60-76)88-30-18-15-27-80(88)81-28-16-19-31-89(81)103)74-47-53-84-83-52-46-73(57-91(83)102(4,5)92(84)58-74)66-36-42-71(43-37-66)99-107-97(69-23-10-7-11-24-69)106-98(108-99)70-40-34-65(35-41-70)72-45-51-82-79-26-14-17-29-87(79)101(2,3)90(82)56-72/h6-44,46-50,52-55,57-62,72,78,82,90H,45,51,56H2,1-5H3. The molecule has 0 saturated heterocycles. The third-order valence-electron chi connectivity index (χ3n) is 25.8. The number of hydrogen-bond donors (Lipinski definition) is 0. The first-order valence-electron chi connectivity index (χ1n) is 38.6. The molecule has 516 valence electrons. The fraction of sp³-hybridized carbons (Fsp3) is 0.155. The molecule has 0 radical (unpaired) electrons. The zero-order chi connectivity index (χ0) is 72.2. The topological polar surface area (TPSA) is 64.5 Å². The van der Waals surface area contributed by atoms with E-state index in [1.165, 1.54) is 131 Å². The second-order valence-corrected chi connectivity index (χ2v) is 32.2. The molecule has 2 heterocycles. The van der Waals surface area contributed by atoms with E-state index >= 15 is 0 Å². The second-order valence-electron chi connectivity index (χ2n) is 32.2. The van der Waals surface area contributed by atoms with Gasteiger partial charge in [0.25, 0.3) is 0 Å². The molecular weight excluding hydrogens is 1310 g/mol. The van der Waals surface area contributed by atoms with Gasteiger partial charge in [0.15, 0.2) is 17.5 Å². The van der Waals surface area contributed by atoms with Crippen LogP contribution in [0.4, 0.5) is 0 Å². The quantitative estimate of drug-likeness (QED) is 0.137. The second kappa shape index (κ2) is 24.6. The lowest BCUT2D eigenvalue weighted by Crippen LogP contribution is -2.30. The van der Waals surface area contributed by atoms with Crippen LogP contribution in [0.25, 0.3) is 130 Å². The summed E-state index contributed by atoms with van der Waals surface area (Å²) in [4.78, 5) is 26.7. The molecule has 0 amide bonds. The lowest BCUT2D eigenvalue weighted by Gasteiger charge is -2.39. The molecule has 0 aliphatic heterocycles. The molecule has 2 aromatic heterocycles. The molecule has 0 N–H and O–H groups in total. The maximum atomic E-state index is 5.64. The Morgan fingerprint density at radius 3 is 1.32 bits per heavy atom. The van der Waals surface area contributed by atoms with E-state index in [1.807, 2.05) is 6.07 Å². The Balaban J connectivity index is 0.599. The minimum Gasteiger partial charge on any atom is -0.232 e. The average Bonchev–Trinajstić information content (AvgIpc) is 1.51. The molecule has 5 atom stereocenters. The molecule has 6 aliphatic rings. The zero-order valence-corrected chi connectivity index (χ0v) is 61.3. The highest BCUT2D eigenvalue weighted by atomic mass is 15.0. The van der Waals surface area contributed by atoms with Crippen LogP contribution in [-0.4, -0.2) is 24.9 Å². The third-order valence-corrected chi connectivity index (χ3v) is 25.8. The Labute approximate surface area is 632 Å². The number of rotatable bonds is 10. The largest absolute Gasteiger partial charge is 0.232 e. The Morgan fingerprint density at radius 1 is 0.315 bits per heavy atom. The van der Waals surface area contributed by atoms with Crippen molar-refractivity contribution < 1.29 is 0 Å². The van der Waals surface area contributed by atoms with Crippen molar-refractivity contribution >= 4 is 6.08 Å². The average molecular weight is 1390 g/mol. The first-order chi connectivity index (χ1) is 52.9. The molecule has 5 heteroatoms. The van der Waals surface area contributed by atoms with E-state index in [0.29, 0.717) is 35.2 Å². The van der Waals surface area contributed by atoms with Crippen molar-refractivity contribution in [3.8, 4) is 123 Å². The van der Waals surface area contributed by atoms with Gasteiger partial charge in [-0.25, -0.2) is 24.9 Å². The number of benzene rings is 13. The van der Waals surface area contributed by atoms with Crippen LogP contribution in [0.15, 0.2) is 315 Å². The third kappa shape index (κ3) is 10.0. The fourth-order valence-electron chi connectivity index (χ4n) is 20.2. The van der Waals surface area contributed by atoms with Crippen LogP contribution in [0.5, 0.6) is 0 Å². The summed E-state index contributed by atoms with van der Waals surface area (Å²) in [5.41, 5.74) is 35.8. The van der Waals surface area contributed by atoms with E-state index in [4.69, 9.17) is 24.9 Å². The van der Waals surface area contributed by atoms with Crippen molar-refractivity contribution in [3.63, 3.8) is 0 Å². The smallest absolute Gasteiger partial charge is 0.164 e. The first-order valence-corrected chi connectivity index (χ1v) is 38.6. The lowest BCUT2D eigenvalue weighted by atomic mass is 9.65. The van der Waals surface area contributed by atoms with E-state index in [2.05, 4.69) is 350 Å². The van der Waals surface area contributed by atoms with Gasteiger partial charge in [-0.3, -0.25) is 0 Å². The van der Waals surface area contributed by atoms with Gasteiger partial charge in [0.1, 0.15) is 5.82 Å². The van der Waals surface area contributed by atoms with Crippen LogP contribution in [0.1, 0.15) is 145 Å². The summed E-state index contributed by atoms with van der Waals surface area (Å²) in [5, 5.41) is 0. The number of nitrogens with zero attached hydrogens (tertiary/aromatic N) is 5. The molecule has 5 unspecified atom stereocenters. The van der Waals surface area contributed by atoms with Crippen LogP contribution in [-0.2, 0) is 16.2 Å². The van der Waals surface area contributed by atoms with E-state index in [9.17, 15) is 0 Å². The van der Waals surface area contributed by atoms with Gasteiger partial charge in [-0.05, 0) is 207 Å². The van der Waals surface area contributed by atoms with Gasteiger partial charge in [-0.15, -0.1) is 0 Å². The van der Waals surface area contributed by atoms with Crippen molar-refractivity contribution in [2.45, 2.75) is 93.8 Å². The van der Waals surface area contributed by atoms with Gasteiger partial charge in [-0.2, -0.15) is 0 Å². The van der Waals surface area contributed by atoms with Crippen LogP contribution < -0.4 is 0 Å². The van der Waals surface area contributed by atoms with E-state index < -0.39 is 5.41 Å². The van der Waals surface area contributed by atoms with Crippen LogP contribution in [0.3, 0.4) is 0 Å². The number of fused-ring (bicyclic) bond motifs is 17. The molecule has 0 bridgehead atoms. The summed E-state index contributed by atoms with van der Waals surface area (Å²) in [6.45, 7) is 12.1. The Hall–Kier alpha value is -12.3. The maximum Gasteiger partial charge on any atom is 0.164 e. The SMILES string of the molecule is CC1c2ccccc2C=CC1c1nc(-c2ccc(-c3ccccc3)cc2)cc(-c2ccc3c(c2)C2(c4ccccc4-c4ccccc42)c2cc(-c4ccc5c(c4)C(C)(C)c4cc(-c6ccc(-c7nc(-c8ccccc8)nc(-c8ccc(C9CCC%10c%11ccccc%11C(C)(C)C%10C9)cc8)n7)cc6)ccc4-5)ccc2-3)n1. The molecule has 1 spiro atoms. The molecule has 13 aromatic carbocycles. The number of aromatic nitrogens is 5. The van der Waals surface area contributed by atoms with Gasteiger partial charge in [0, 0.05) is 39.2 Å². The minimum atomic E-state index is -0.603. The van der Waals surface area contributed by atoms with E-state index in [1.54, 1.807) is 11.1 Å². The number of allylic oxidation sites excluding steroid dienone is 1. The molecule has 21 rings (SSSR count). The van der Waals surface area contributed by atoms with Crippen molar-refractivity contribution in [2.75, 3.05) is 0 Å². The number of hydrogen-bond acceptors (Lipinski definition) is 5. The molecule has 5 nitrogen and oxygen atoms in total. The minimum absolute atomic E-state index is 0.0182. The molecule has 108 heavy (non-hydrogen) atoms. The maximum absolute atomic E-state index is 5.64. The summed E-state index contributed by atoms with van der Waals surface area (Å²) in [7, 11) is 0. The monoisotopic (exact) mass is 1390 g/mol. The van der Waals surface area contributed by atoms with Crippen LogP contribution >= 0.6 is 0 Å². The Morgan fingerprint density at radius 2 is 0.722 bits per heavy atom. The fourth-order valence-corrected chi connectivity index (χ4v) is 20.2. The molecular formula is C103H79N5. The molecule has 15 aromatic rings.